The summed E-state index contributed by atoms with van der Waals surface area (Å²) in [6.07, 6.45) is 6.42. The average Bonchev–Trinajstić information content (AvgIpc) is 3.16. The molecule has 9 heteroatoms. The van der Waals surface area contributed by atoms with Crippen LogP contribution in [0, 0.1) is 0 Å². The second kappa shape index (κ2) is 6.47. The molecule has 4 rings (SSSR count). The van der Waals surface area contributed by atoms with Crippen molar-refractivity contribution in [2.45, 2.75) is 0 Å². The number of rotatable bonds is 3. The van der Waals surface area contributed by atoms with Gasteiger partial charge in [0.25, 0.3) is 11.1 Å². The topological polar surface area (TPSA) is 94.3 Å². The van der Waals surface area contributed by atoms with Gasteiger partial charge < -0.3 is 9.15 Å². The molecule has 4 heterocycles. The molecule has 3 aromatic rings. The molecule has 0 unspecified atom stereocenters. The Kier molecular flexibility index (Phi) is 4.14. The molecule has 0 aromatic carbocycles. The van der Waals surface area contributed by atoms with E-state index in [4.69, 9.17) is 20.8 Å². The van der Waals surface area contributed by atoms with Crippen LogP contribution in [0.2, 0.25) is 5.02 Å². The van der Waals surface area contributed by atoms with E-state index >= 15 is 0 Å². The number of methoxy groups -OCH3 is 1. The SMILES string of the molecule is COc1ncc(-c2cncc3cc(/C=C4\SC(=O)NC4=O)oc23)cc1Cl. The van der Waals surface area contributed by atoms with Gasteiger partial charge in [-0.2, -0.15) is 0 Å². The predicted molar refractivity (Wildman–Crippen MR) is 97.9 cm³/mol. The van der Waals surface area contributed by atoms with Crippen LogP contribution in [-0.4, -0.2) is 28.2 Å². The summed E-state index contributed by atoms with van der Waals surface area (Å²) >= 11 is 6.98. The highest BCUT2D eigenvalue weighted by Gasteiger charge is 2.25. The van der Waals surface area contributed by atoms with Gasteiger partial charge in [-0.25, -0.2) is 4.98 Å². The molecule has 2 amide bonds. The van der Waals surface area contributed by atoms with Gasteiger partial charge in [-0.15, -0.1) is 0 Å². The molecule has 26 heavy (non-hydrogen) atoms. The quantitative estimate of drug-likeness (QED) is 0.681. The van der Waals surface area contributed by atoms with Crippen LogP contribution in [0.25, 0.3) is 28.2 Å². The number of imide groups is 1. The number of amides is 2. The number of pyridine rings is 2. The summed E-state index contributed by atoms with van der Waals surface area (Å²) < 4.78 is 10.9. The molecule has 1 N–H and O–H groups in total. The number of hydrogen-bond donors (Lipinski definition) is 1. The molecule has 130 valence electrons. The summed E-state index contributed by atoms with van der Waals surface area (Å²) in [6.45, 7) is 0. The third-order valence-electron chi connectivity index (χ3n) is 3.67. The van der Waals surface area contributed by atoms with Crippen molar-refractivity contribution in [1.29, 1.82) is 0 Å². The second-order valence-electron chi connectivity index (χ2n) is 5.32. The Morgan fingerprint density at radius 1 is 1.27 bits per heavy atom. The van der Waals surface area contributed by atoms with Crippen LogP contribution < -0.4 is 10.1 Å². The molecular weight excluding hydrogens is 378 g/mol. The first-order valence-electron chi connectivity index (χ1n) is 7.37. The van der Waals surface area contributed by atoms with E-state index in [0.717, 1.165) is 17.1 Å². The summed E-state index contributed by atoms with van der Waals surface area (Å²) in [4.78, 5) is 31.6. The molecule has 3 aromatic heterocycles. The third-order valence-corrected chi connectivity index (χ3v) is 4.75. The van der Waals surface area contributed by atoms with Crippen molar-refractivity contribution in [1.82, 2.24) is 15.3 Å². The van der Waals surface area contributed by atoms with Crippen LogP contribution >= 0.6 is 23.4 Å². The molecule has 0 spiro atoms. The van der Waals surface area contributed by atoms with Crippen LogP contribution in [0.15, 0.2) is 40.0 Å². The van der Waals surface area contributed by atoms with Gasteiger partial charge in [-0.3, -0.25) is 19.9 Å². The van der Waals surface area contributed by atoms with Crippen molar-refractivity contribution >= 4 is 51.6 Å². The number of nitrogens with zero attached hydrogens (tertiary/aromatic N) is 2. The van der Waals surface area contributed by atoms with Gasteiger partial charge in [0.05, 0.1) is 12.0 Å². The highest BCUT2D eigenvalue weighted by Crippen LogP contribution is 2.34. The smallest absolute Gasteiger partial charge is 0.290 e. The van der Waals surface area contributed by atoms with E-state index in [-0.39, 0.29) is 4.91 Å². The fourth-order valence-electron chi connectivity index (χ4n) is 2.53. The molecule has 0 saturated carbocycles. The molecule has 0 aliphatic carbocycles. The average molecular weight is 388 g/mol. The second-order valence-corrected chi connectivity index (χ2v) is 6.74. The van der Waals surface area contributed by atoms with E-state index in [1.165, 1.54) is 13.2 Å². The Morgan fingerprint density at radius 2 is 2.12 bits per heavy atom. The molecule has 0 atom stereocenters. The number of fused-ring (bicyclic) bond motifs is 1. The van der Waals surface area contributed by atoms with E-state index in [0.29, 0.717) is 33.4 Å². The lowest BCUT2D eigenvalue weighted by molar-refractivity contribution is -0.115. The number of carbonyl (C=O) groups excluding carboxylic acids is 2. The zero-order chi connectivity index (χ0) is 18.3. The first-order valence-corrected chi connectivity index (χ1v) is 8.57. The predicted octanol–water partition coefficient (Wildman–Crippen LogP) is 3.88. The Labute approximate surface area is 156 Å². The number of ether oxygens (including phenoxy) is 1. The minimum Gasteiger partial charge on any atom is -0.480 e. The van der Waals surface area contributed by atoms with Gasteiger partial charge in [-0.05, 0) is 23.9 Å². The molecule has 1 fully saturated rings. The van der Waals surface area contributed by atoms with Gasteiger partial charge in [0.15, 0.2) is 0 Å². The fourth-order valence-corrected chi connectivity index (χ4v) is 3.44. The zero-order valence-corrected chi connectivity index (χ0v) is 14.9. The van der Waals surface area contributed by atoms with Crippen molar-refractivity contribution in [3.63, 3.8) is 0 Å². The lowest BCUT2D eigenvalue weighted by atomic mass is 10.1. The number of furan rings is 1. The number of carbonyl (C=O) groups is 2. The summed E-state index contributed by atoms with van der Waals surface area (Å²) in [5.41, 5.74) is 1.99. The Hall–Kier alpha value is -2.84. The number of nitrogens with one attached hydrogen (secondary N) is 1. The van der Waals surface area contributed by atoms with E-state index in [1.54, 1.807) is 30.7 Å². The van der Waals surface area contributed by atoms with E-state index < -0.39 is 11.1 Å². The summed E-state index contributed by atoms with van der Waals surface area (Å²) in [5.74, 6) is 0.327. The highest BCUT2D eigenvalue weighted by atomic mass is 35.5. The van der Waals surface area contributed by atoms with Crippen molar-refractivity contribution in [3.05, 3.63) is 46.4 Å². The van der Waals surface area contributed by atoms with Gasteiger partial charge in [0.1, 0.15) is 16.4 Å². The van der Waals surface area contributed by atoms with Crippen molar-refractivity contribution in [2.75, 3.05) is 7.11 Å². The lowest BCUT2D eigenvalue weighted by Crippen LogP contribution is -2.17. The van der Waals surface area contributed by atoms with Crippen LogP contribution in [0.5, 0.6) is 5.88 Å². The molecule has 1 aliphatic heterocycles. The summed E-state index contributed by atoms with van der Waals surface area (Å²) in [6, 6.07) is 3.46. The molecule has 1 saturated heterocycles. The number of hydrogen-bond acceptors (Lipinski definition) is 7. The van der Waals surface area contributed by atoms with E-state index in [2.05, 4.69) is 15.3 Å². The minimum absolute atomic E-state index is 0.276. The Morgan fingerprint density at radius 3 is 2.81 bits per heavy atom. The Bertz CT molecular complexity index is 1090. The van der Waals surface area contributed by atoms with E-state index in [1.807, 2.05) is 0 Å². The Balaban J connectivity index is 1.79. The number of thioether (sulfide) groups is 1. The van der Waals surface area contributed by atoms with Gasteiger partial charge in [0.2, 0.25) is 5.88 Å². The third kappa shape index (κ3) is 2.93. The standard InChI is InChI=1S/C17H10ClN3O4S/c1-24-16-12(18)3-8(6-20-16)11-7-19-5-9-2-10(25-14(9)11)4-13-15(22)21-17(23)26-13/h2-7H,1H3,(H,21,22,23)/b13-4-. The normalized spacial score (nSPS) is 15.7. The van der Waals surface area contributed by atoms with Crippen molar-refractivity contribution < 1.29 is 18.7 Å². The minimum atomic E-state index is -0.440. The van der Waals surface area contributed by atoms with Crippen molar-refractivity contribution in [2.24, 2.45) is 0 Å². The number of halogens is 1. The summed E-state index contributed by atoms with van der Waals surface area (Å²) in [7, 11) is 1.49. The molecule has 1 aliphatic rings. The zero-order valence-electron chi connectivity index (χ0n) is 13.3. The molecule has 0 radical (unpaired) electrons. The first kappa shape index (κ1) is 16.6. The van der Waals surface area contributed by atoms with Crippen LogP contribution in [-0.2, 0) is 4.79 Å². The maximum absolute atomic E-state index is 11.7. The van der Waals surface area contributed by atoms with Crippen LogP contribution in [0.4, 0.5) is 4.79 Å². The number of aromatic nitrogens is 2. The molecule has 0 bridgehead atoms. The maximum Gasteiger partial charge on any atom is 0.290 e. The fraction of sp³-hybridized carbons (Fsp3) is 0.0588. The summed E-state index contributed by atoms with van der Waals surface area (Å²) in [5, 5.41) is 2.91. The van der Waals surface area contributed by atoms with Gasteiger partial charge >= 0.3 is 0 Å². The van der Waals surface area contributed by atoms with E-state index in [9.17, 15) is 9.59 Å². The molecule has 7 nitrogen and oxygen atoms in total. The monoisotopic (exact) mass is 387 g/mol. The highest BCUT2D eigenvalue weighted by molar-refractivity contribution is 8.18. The van der Waals surface area contributed by atoms with Crippen molar-refractivity contribution in [3.8, 4) is 17.0 Å². The van der Waals surface area contributed by atoms with Crippen LogP contribution in [0.1, 0.15) is 5.76 Å². The maximum atomic E-state index is 11.7. The van der Waals surface area contributed by atoms with Gasteiger partial charge in [0, 0.05) is 41.2 Å². The first-order chi connectivity index (χ1) is 12.5. The largest absolute Gasteiger partial charge is 0.480 e. The lowest BCUT2D eigenvalue weighted by Gasteiger charge is -2.05. The van der Waals surface area contributed by atoms with Gasteiger partial charge in [-0.1, -0.05) is 11.6 Å². The molecular formula is C17H10ClN3O4S. The van der Waals surface area contributed by atoms with Crippen LogP contribution in [0.3, 0.4) is 0 Å².